The molecule has 3 fully saturated rings. The number of hydrogen-bond acceptors (Lipinski definition) is 33. The highest BCUT2D eigenvalue weighted by molar-refractivity contribution is 7.44. The van der Waals surface area contributed by atoms with Crippen molar-refractivity contribution < 1.29 is 118 Å². The van der Waals surface area contributed by atoms with Gasteiger partial charge in [-0.1, -0.05) is 11.6 Å². The van der Waals surface area contributed by atoms with Gasteiger partial charge in [-0.05, 0) is 0 Å². The maximum absolute atomic E-state index is 10.7. The molecule has 3 aliphatic rings. The molecule has 6 aromatic rings. The van der Waals surface area contributed by atoms with Crippen molar-refractivity contribution in [3.63, 3.8) is 0 Å². The second kappa shape index (κ2) is 26.2. The molecule has 0 radical (unpaired) electrons. The molecule has 6 aromatic heterocycles. The number of nitrogens with one attached hydrogen (secondary N) is 2. The molecular formula is C32H49ClN17O24P3-4. The number of rotatable bonds is 10. The summed E-state index contributed by atoms with van der Waals surface area (Å²) in [6.07, 6.45) is -9.61. The van der Waals surface area contributed by atoms with Gasteiger partial charge in [0.05, 0.1) is 46.6 Å². The topological polar surface area (TPSA) is 688 Å². The quantitative estimate of drug-likeness (QED) is 0.0447. The van der Waals surface area contributed by atoms with Crippen molar-refractivity contribution in [3.05, 3.63) is 24.1 Å². The molecule has 13 atom stereocenters. The number of phosphoric ester groups is 1. The lowest BCUT2D eigenvalue weighted by molar-refractivity contribution is -0.337. The van der Waals surface area contributed by atoms with Crippen LogP contribution in [0.3, 0.4) is 0 Å². The predicted molar refractivity (Wildman–Crippen MR) is 247 cm³/mol. The van der Waals surface area contributed by atoms with Gasteiger partial charge in [-0.2, -0.15) is 29.9 Å². The first-order valence-corrected chi connectivity index (χ1v) is 25.7. The number of nitrogens with zero attached hydrogens (tertiary/aromatic N) is 12. The van der Waals surface area contributed by atoms with Crippen molar-refractivity contribution in [2.45, 2.75) is 73.6 Å². The van der Waals surface area contributed by atoms with E-state index in [1.807, 2.05) is 0 Å². The first-order valence-electron chi connectivity index (χ1n) is 20.8. The average molecular weight is 1180 g/mol. The zero-order valence-electron chi connectivity index (χ0n) is 39.0. The van der Waals surface area contributed by atoms with Crippen LogP contribution in [0.25, 0.3) is 33.5 Å². The summed E-state index contributed by atoms with van der Waals surface area (Å²) in [6, 6.07) is 0. The van der Waals surface area contributed by atoms with Gasteiger partial charge in [0.2, 0.25) is 17.8 Å². The molecule has 3 aliphatic heterocycles. The van der Waals surface area contributed by atoms with Crippen LogP contribution in [0, 0.1) is 0 Å². The number of nitrogens with two attached hydrogens (primary N) is 3. The van der Waals surface area contributed by atoms with E-state index < -0.39 is 117 Å². The molecule has 0 spiro atoms. The number of aliphatic hydroxyl groups excluding tert-OH is 8. The molecular weight excluding hydrogens is 1130 g/mol. The van der Waals surface area contributed by atoms with Crippen molar-refractivity contribution in [1.29, 1.82) is 0 Å². The molecule has 9 heterocycles. The summed E-state index contributed by atoms with van der Waals surface area (Å²) in [7, 11) is -11.7. The zero-order valence-corrected chi connectivity index (χ0v) is 42.4. The largest absolute Gasteiger partial charge is 0.790 e. The van der Waals surface area contributed by atoms with E-state index in [-0.39, 0.29) is 39.8 Å². The molecule has 0 amide bonds. The third kappa shape index (κ3) is 16.2. The van der Waals surface area contributed by atoms with Crippen LogP contribution in [0.15, 0.2) is 19.0 Å². The van der Waals surface area contributed by atoms with E-state index in [0.29, 0.717) is 33.8 Å². The number of hydrogen-bond donors (Lipinski definition) is 17. The Bertz CT molecular complexity index is 3040. The van der Waals surface area contributed by atoms with Crippen molar-refractivity contribution in [3.8, 4) is 0 Å². The highest BCUT2D eigenvalue weighted by Gasteiger charge is 2.46. The molecule has 0 bridgehead atoms. The number of aromatic nitrogens is 12. The van der Waals surface area contributed by atoms with E-state index in [1.165, 1.54) is 32.7 Å². The summed E-state index contributed by atoms with van der Waals surface area (Å²) in [4.78, 5) is 103. The lowest BCUT2D eigenvalue weighted by Crippen LogP contribution is -2.34. The molecule has 9 rings (SSSR count). The molecule has 77 heavy (non-hydrogen) atoms. The van der Waals surface area contributed by atoms with Gasteiger partial charge in [0.25, 0.3) is 15.6 Å². The Labute approximate surface area is 433 Å². The molecule has 22 N–H and O–H groups in total. The van der Waals surface area contributed by atoms with E-state index in [0.717, 1.165) is 0 Å². The zero-order chi connectivity index (χ0) is 56.9. The van der Waals surface area contributed by atoms with Crippen molar-refractivity contribution in [1.82, 2.24) is 58.6 Å². The van der Waals surface area contributed by atoms with E-state index in [4.69, 9.17) is 96.6 Å². The minimum atomic E-state index is -5.14. The SMILES string of the molecule is CNc1nc(N)nc2c1ncn2[C@@H]1O[C@H](CO)C(O)[C@@H]1O.CNc1nc(N)nc2c1ncn2[C@@H]1O[C@H](COP(=O)([O-])O)C(O)[C@@H]1O.Nc1nc(Cl)c2ncn([C@@H]3O[C@H](CO)C(O)[C@@H]3O)c2n1.O.O=P([O-])(O)O.O=P([O-])([O-])O. The Balaban J connectivity index is 0.000000228. The Morgan fingerprint density at radius 3 is 1.19 bits per heavy atom. The number of nitrogen functional groups attached to an aromatic ring is 3. The van der Waals surface area contributed by atoms with Gasteiger partial charge in [0, 0.05) is 14.1 Å². The number of fused-ring (bicyclic) bond motifs is 3. The van der Waals surface area contributed by atoms with Crippen LogP contribution >= 0.6 is 35.1 Å². The first kappa shape index (κ1) is 64.3. The molecule has 4 unspecified atom stereocenters. The molecule has 41 nitrogen and oxygen atoms in total. The fourth-order valence-electron chi connectivity index (χ4n) is 7.16. The maximum Gasteiger partial charge on any atom is 0.265 e. The van der Waals surface area contributed by atoms with Crippen LogP contribution in [0.1, 0.15) is 18.7 Å². The van der Waals surface area contributed by atoms with Gasteiger partial charge in [-0.25, -0.2) is 15.0 Å². The standard InChI is InChI=1S/C11H17N6O7P.C11H16N6O4.C10H12ClN5O4.2H3O4P.H2O/c1-13-8-5-9(16-11(12)15-8)17(3-14-5)10-7(19)6(18)4(24-10)2-23-25(20,21)22;1-13-8-5-9(16-11(12)15-8)17(3-14-5)10-7(20)6(19)4(2-18)21-10;11-7-4-8(15-10(12)14-7)16(2-13-4)9-6(19)5(18)3(1-17)20-9;2*1-5(2,3)4;/h3-4,6-7,10,18-19H,2H2,1H3,(H2,20,21,22)(H3,12,13,15,16);3-4,6-7,10,18-20H,2H2,1H3,(H3,12,13,15,16);2-3,5-6,9,17-19H,1H2,(H2,12,14,15);2*(H3,1,2,3,4);1H2/p-4/t2*4-,6?,7+,10-;3-,5?,6+,9-;;;/m111.../s1. The summed E-state index contributed by atoms with van der Waals surface area (Å²) < 4.78 is 52.8. The van der Waals surface area contributed by atoms with E-state index in [2.05, 4.69) is 60.0 Å². The van der Waals surface area contributed by atoms with Crippen LogP contribution in [0.4, 0.5) is 29.5 Å². The fourth-order valence-corrected chi connectivity index (χ4v) is 7.71. The fraction of sp³-hybridized carbons (Fsp3) is 0.531. The number of imidazole rings is 3. The minimum absolute atomic E-state index is 0. The molecule has 0 saturated carbocycles. The van der Waals surface area contributed by atoms with Crippen LogP contribution in [0.2, 0.25) is 5.15 Å². The van der Waals surface area contributed by atoms with Crippen LogP contribution in [-0.4, -0.2) is 213 Å². The van der Waals surface area contributed by atoms with Gasteiger partial charge < -0.3 is 137 Å². The number of ether oxygens (including phenoxy) is 3. The summed E-state index contributed by atoms with van der Waals surface area (Å²) in [5.41, 5.74) is 18.8. The first-order chi connectivity index (χ1) is 35.3. The Morgan fingerprint density at radius 1 is 0.584 bits per heavy atom. The normalized spacial score (nSPS) is 26.7. The van der Waals surface area contributed by atoms with Crippen LogP contribution < -0.4 is 47.4 Å². The van der Waals surface area contributed by atoms with Gasteiger partial charge in [-0.15, -0.1) is 0 Å². The lowest BCUT2D eigenvalue weighted by Gasteiger charge is -2.20. The summed E-state index contributed by atoms with van der Waals surface area (Å²) in [6.45, 7) is -1.49. The van der Waals surface area contributed by atoms with E-state index in [1.54, 1.807) is 14.1 Å². The number of aliphatic hydroxyl groups is 8. The molecule has 45 heteroatoms. The molecule has 3 saturated heterocycles. The number of phosphoric acid groups is 3. The van der Waals surface area contributed by atoms with Gasteiger partial charge in [-0.3, -0.25) is 22.8 Å². The summed E-state index contributed by atoms with van der Waals surface area (Å²) >= 11 is 5.90. The third-order valence-corrected chi connectivity index (χ3v) is 11.1. The monoisotopic (exact) mass is 1180 g/mol. The predicted octanol–water partition coefficient (Wildman–Crippen LogP) is -10.3. The third-order valence-electron chi connectivity index (χ3n) is 10.3. The Morgan fingerprint density at radius 2 is 0.883 bits per heavy atom. The number of anilines is 5. The van der Waals surface area contributed by atoms with Gasteiger partial charge in [0.15, 0.2) is 63.4 Å². The molecule has 0 aromatic carbocycles. The second-order valence-electron chi connectivity index (χ2n) is 15.4. The van der Waals surface area contributed by atoms with Crippen molar-refractivity contribution >= 4 is 98.0 Å². The van der Waals surface area contributed by atoms with Gasteiger partial charge in [0.1, 0.15) is 60.5 Å². The smallest absolute Gasteiger partial charge is 0.265 e. The average Bonchev–Trinajstić information content (AvgIpc) is 4.18. The molecule has 0 aliphatic carbocycles. The highest BCUT2D eigenvalue weighted by atomic mass is 35.5. The van der Waals surface area contributed by atoms with Crippen molar-refractivity contribution in [2.75, 3.05) is 61.8 Å². The van der Waals surface area contributed by atoms with E-state index >= 15 is 0 Å². The Kier molecular flexibility index (Phi) is 21.9. The maximum atomic E-state index is 10.7. The second-order valence-corrected chi connectivity index (χ2v) is 18.9. The highest BCUT2D eigenvalue weighted by Crippen LogP contribution is 2.37. The summed E-state index contributed by atoms with van der Waals surface area (Å²) in [5.74, 6) is 0.764. The lowest BCUT2D eigenvalue weighted by atomic mass is 10.1. The van der Waals surface area contributed by atoms with Crippen LogP contribution in [0.5, 0.6) is 0 Å². The summed E-state index contributed by atoms with van der Waals surface area (Å²) in [5, 5.41) is 83.8. The minimum Gasteiger partial charge on any atom is -0.790 e. The van der Waals surface area contributed by atoms with Gasteiger partial charge >= 0.3 is 0 Å². The molecule has 432 valence electrons. The Hall–Kier alpha value is -5.21. The van der Waals surface area contributed by atoms with Crippen LogP contribution in [-0.2, 0) is 32.4 Å². The number of halogens is 1. The van der Waals surface area contributed by atoms with Crippen molar-refractivity contribution in [2.24, 2.45) is 0 Å². The van der Waals surface area contributed by atoms with E-state index in [9.17, 15) is 40.1 Å².